The fourth-order valence-electron chi connectivity index (χ4n) is 3.29. The maximum absolute atomic E-state index is 12.7. The summed E-state index contributed by atoms with van der Waals surface area (Å²) in [4.78, 5) is 12.2. The van der Waals surface area contributed by atoms with E-state index in [1.165, 1.54) is 15.9 Å². The van der Waals surface area contributed by atoms with Crippen molar-refractivity contribution in [1.29, 1.82) is 0 Å². The second-order valence-electron chi connectivity index (χ2n) is 6.97. The highest BCUT2D eigenvalue weighted by Gasteiger charge is 2.22. The third-order valence-electron chi connectivity index (χ3n) is 4.98. The van der Waals surface area contributed by atoms with Crippen molar-refractivity contribution in [2.24, 2.45) is 0 Å². The van der Waals surface area contributed by atoms with Crippen molar-refractivity contribution in [3.8, 4) is 0 Å². The summed E-state index contributed by atoms with van der Waals surface area (Å²) in [7, 11) is -3.55. The van der Waals surface area contributed by atoms with Gasteiger partial charge >= 0.3 is 6.03 Å². The molecule has 1 heterocycles. The number of hydrogen-bond acceptors (Lipinski definition) is 5. The van der Waals surface area contributed by atoms with Crippen LogP contribution in [0.4, 0.5) is 4.79 Å². The van der Waals surface area contributed by atoms with Crippen molar-refractivity contribution < 1.29 is 13.2 Å². The molecule has 0 saturated heterocycles. The number of benzene rings is 2. The summed E-state index contributed by atoms with van der Waals surface area (Å²) in [5, 5.41) is 13.8. The highest BCUT2D eigenvalue weighted by atomic mass is 32.2. The molecule has 0 spiro atoms. The van der Waals surface area contributed by atoms with E-state index < -0.39 is 10.0 Å². The largest absolute Gasteiger partial charge is 0.338 e. The number of aromatic nitrogens is 3. The number of fused-ring (bicyclic) bond motifs is 1. The fourth-order valence-corrected chi connectivity index (χ4v) is 4.77. The lowest BCUT2D eigenvalue weighted by atomic mass is 10.1. The van der Waals surface area contributed by atoms with Crippen LogP contribution in [0, 0.1) is 0 Å². The van der Waals surface area contributed by atoms with Crippen LogP contribution in [0.1, 0.15) is 19.4 Å². The Morgan fingerprint density at radius 3 is 2.45 bits per heavy atom. The van der Waals surface area contributed by atoms with Crippen molar-refractivity contribution in [1.82, 2.24) is 29.9 Å². The van der Waals surface area contributed by atoms with E-state index in [4.69, 9.17) is 0 Å². The van der Waals surface area contributed by atoms with Crippen LogP contribution in [-0.2, 0) is 23.0 Å². The Bertz CT molecular complexity index is 1110. The smallest absolute Gasteiger partial charge is 0.314 e. The Labute approximate surface area is 182 Å². The van der Waals surface area contributed by atoms with Gasteiger partial charge in [0.05, 0.1) is 17.0 Å². The first-order valence-electron chi connectivity index (χ1n) is 10.3. The summed E-state index contributed by atoms with van der Waals surface area (Å²) in [6, 6.07) is 14.5. The van der Waals surface area contributed by atoms with Gasteiger partial charge in [-0.1, -0.05) is 49.4 Å². The van der Waals surface area contributed by atoms with Crippen molar-refractivity contribution in [2.45, 2.75) is 31.7 Å². The first-order valence-corrected chi connectivity index (χ1v) is 11.8. The summed E-state index contributed by atoms with van der Waals surface area (Å²) in [5.74, 6) is 0. The minimum absolute atomic E-state index is 0.201. The lowest BCUT2D eigenvalue weighted by Gasteiger charge is -2.18. The van der Waals surface area contributed by atoms with Crippen LogP contribution < -0.4 is 10.6 Å². The predicted molar refractivity (Wildman–Crippen MR) is 119 cm³/mol. The number of carbonyl (C=O) groups excluding carboxylic acids is 1. The highest BCUT2D eigenvalue weighted by molar-refractivity contribution is 7.89. The molecule has 0 saturated carbocycles. The van der Waals surface area contributed by atoms with Crippen molar-refractivity contribution in [2.75, 3.05) is 26.2 Å². The van der Waals surface area contributed by atoms with E-state index in [0.717, 1.165) is 6.42 Å². The zero-order valence-electron chi connectivity index (χ0n) is 17.8. The van der Waals surface area contributed by atoms with E-state index in [1.54, 1.807) is 30.7 Å². The topological polar surface area (TPSA) is 109 Å². The average Bonchev–Trinajstić information content (AvgIpc) is 3.17. The second-order valence-corrected chi connectivity index (χ2v) is 8.91. The Morgan fingerprint density at radius 2 is 1.74 bits per heavy atom. The number of urea groups is 1. The zero-order valence-corrected chi connectivity index (χ0v) is 18.6. The number of hydrogen-bond donors (Lipinski definition) is 2. The molecular weight excluding hydrogens is 416 g/mol. The number of carbonyl (C=O) groups is 1. The molecule has 0 unspecified atom stereocenters. The van der Waals surface area contributed by atoms with E-state index in [2.05, 4.69) is 20.9 Å². The molecule has 31 heavy (non-hydrogen) atoms. The van der Waals surface area contributed by atoms with Gasteiger partial charge in [-0.25, -0.2) is 17.9 Å². The number of amides is 2. The Morgan fingerprint density at radius 1 is 1.03 bits per heavy atom. The third-order valence-corrected chi connectivity index (χ3v) is 7.03. The molecule has 0 aliphatic carbocycles. The Balaban J connectivity index is 1.53. The number of rotatable bonds is 10. The summed E-state index contributed by atoms with van der Waals surface area (Å²) in [5.41, 5.74) is 2.38. The summed E-state index contributed by atoms with van der Waals surface area (Å²) < 4.78 is 28.4. The molecule has 0 radical (unpaired) electrons. The molecule has 3 rings (SSSR count). The van der Waals surface area contributed by atoms with Gasteiger partial charge in [0, 0.05) is 26.2 Å². The van der Waals surface area contributed by atoms with Crippen molar-refractivity contribution in [3.05, 3.63) is 54.1 Å². The van der Waals surface area contributed by atoms with Gasteiger partial charge < -0.3 is 10.6 Å². The van der Waals surface area contributed by atoms with Crippen LogP contribution in [0.25, 0.3) is 11.0 Å². The van der Waals surface area contributed by atoms with Gasteiger partial charge in [-0.2, -0.15) is 4.31 Å². The molecule has 1 aromatic heterocycles. The molecule has 9 nitrogen and oxygen atoms in total. The molecule has 2 aromatic carbocycles. The molecule has 0 bridgehead atoms. The standard InChI is InChI=1S/C21H28N6O3S/c1-3-26(4-2)31(29,30)18-10-11-20-19(16-18)24-25-27(20)15-14-23-21(28)22-13-12-17-8-6-5-7-9-17/h5-11,16H,3-4,12-15H2,1-2H3,(H2,22,23,28). The lowest BCUT2D eigenvalue weighted by Crippen LogP contribution is -2.38. The molecule has 166 valence electrons. The van der Waals surface area contributed by atoms with Gasteiger partial charge in [0.15, 0.2) is 0 Å². The van der Waals surface area contributed by atoms with E-state index in [0.29, 0.717) is 43.8 Å². The summed E-state index contributed by atoms with van der Waals surface area (Å²) >= 11 is 0. The van der Waals surface area contributed by atoms with Crippen LogP contribution in [0.5, 0.6) is 0 Å². The van der Waals surface area contributed by atoms with Crippen LogP contribution in [0.2, 0.25) is 0 Å². The Hall–Kier alpha value is -2.98. The molecule has 0 aliphatic rings. The van der Waals surface area contributed by atoms with E-state index >= 15 is 0 Å². The molecule has 10 heteroatoms. The van der Waals surface area contributed by atoms with Gasteiger partial charge in [0.1, 0.15) is 5.52 Å². The molecular formula is C21H28N6O3S. The summed E-state index contributed by atoms with van der Waals surface area (Å²) in [6.07, 6.45) is 0.765. The first-order chi connectivity index (χ1) is 15.0. The lowest BCUT2D eigenvalue weighted by molar-refractivity contribution is 0.240. The maximum atomic E-state index is 12.7. The van der Waals surface area contributed by atoms with Gasteiger partial charge in [0.2, 0.25) is 10.0 Å². The van der Waals surface area contributed by atoms with Crippen LogP contribution >= 0.6 is 0 Å². The van der Waals surface area contributed by atoms with Crippen LogP contribution in [0.3, 0.4) is 0 Å². The minimum atomic E-state index is -3.55. The molecule has 0 atom stereocenters. The normalized spacial score (nSPS) is 11.7. The van der Waals surface area contributed by atoms with E-state index in [9.17, 15) is 13.2 Å². The number of nitrogens with zero attached hydrogens (tertiary/aromatic N) is 4. The van der Waals surface area contributed by atoms with Crippen molar-refractivity contribution >= 4 is 27.1 Å². The third kappa shape index (κ3) is 5.59. The Kier molecular flexibility index (Phi) is 7.59. The van der Waals surface area contributed by atoms with Gasteiger partial charge in [-0.3, -0.25) is 0 Å². The van der Waals surface area contributed by atoms with E-state index in [-0.39, 0.29) is 10.9 Å². The van der Waals surface area contributed by atoms with Gasteiger partial charge in [-0.05, 0) is 30.2 Å². The number of nitrogens with one attached hydrogen (secondary N) is 2. The maximum Gasteiger partial charge on any atom is 0.314 e. The molecule has 2 N–H and O–H groups in total. The van der Waals surface area contributed by atoms with Crippen molar-refractivity contribution in [3.63, 3.8) is 0 Å². The molecule has 2 amide bonds. The second kappa shape index (κ2) is 10.4. The van der Waals surface area contributed by atoms with Crippen LogP contribution in [-0.4, -0.2) is 59.9 Å². The molecule has 0 aliphatic heterocycles. The monoisotopic (exact) mass is 444 g/mol. The SMILES string of the molecule is CCN(CC)S(=O)(=O)c1ccc2c(c1)nnn2CCNC(=O)NCCc1ccccc1. The highest BCUT2D eigenvalue weighted by Crippen LogP contribution is 2.20. The fraction of sp³-hybridized carbons (Fsp3) is 0.381. The predicted octanol–water partition coefficient (Wildman–Crippen LogP) is 2.00. The first kappa shape index (κ1) is 22.7. The van der Waals surface area contributed by atoms with Crippen LogP contribution in [0.15, 0.2) is 53.4 Å². The molecule has 3 aromatic rings. The number of sulfonamides is 1. The quantitative estimate of drug-likeness (QED) is 0.497. The van der Waals surface area contributed by atoms with Gasteiger partial charge in [0.25, 0.3) is 0 Å². The average molecular weight is 445 g/mol. The summed E-state index contributed by atoms with van der Waals surface area (Å²) in [6.45, 7) is 5.76. The molecule has 0 fully saturated rings. The zero-order chi connectivity index (χ0) is 22.3. The van der Waals surface area contributed by atoms with Gasteiger partial charge in [-0.15, -0.1) is 5.10 Å². The van der Waals surface area contributed by atoms with E-state index in [1.807, 2.05) is 30.3 Å². The minimum Gasteiger partial charge on any atom is -0.338 e.